The van der Waals surface area contributed by atoms with Crippen molar-refractivity contribution in [1.82, 2.24) is 0 Å². The summed E-state index contributed by atoms with van der Waals surface area (Å²) in [6, 6.07) is 0. The van der Waals surface area contributed by atoms with Crippen molar-refractivity contribution in [2.75, 3.05) is 11.9 Å². The first-order valence-electron chi connectivity index (χ1n) is 11.0. The number of carbonyl (C=O) groups excluding carboxylic acids is 2. The predicted octanol–water partition coefficient (Wildman–Crippen LogP) is 4.44. The first kappa shape index (κ1) is 21.1. The number of thiophene rings is 1. The smallest absolute Gasteiger partial charge is 0.341 e. The van der Waals surface area contributed by atoms with Crippen molar-refractivity contribution in [3.8, 4) is 0 Å². The zero-order valence-corrected chi connectivity index (χ0v) is 18.1. The minimum absolute atomic E-state index is 0.0494. The van der Waals surface area contributed by atoms with Gasteiger partial charge in [-0.3, -0.25) is 9.59 Å². The molecule has 0 radical (unpaired) electrons. The molecular formula is C23H29NO5S. The van der Waals surface area contributed by atoms with Crippen LogP contribution in [0, 0.1) is 23.7 Å². The Balaban J connectivity index is 1.64. The van der Waals surface area contributed by atoms with Gasteiger partial charge in [0.15, 0.2) is 0 Å². The number of esters is 1. The van der Waals surface area contributed by atoms with Crippen LogP contribution in [0.4, 0.5) is 5.00 Å². The van der Waals surface area contributed by atoms with Gasteiger partial charge in [0.1, 0.15) is 5.00 Å². The number of allylic oxidation sites excluding steroid dienone is 2. The van der Waals surface area contributed by atoms with Crippen molar-refractivity contribution in [2.24, 2.45) is 23.7 Å². The highest BCUT2D eigenvalue weighted by atomic mass is 32.1. The fraction of sp³-hybridized carbons (Fsp3) is 0.609. The molecule has 2 N–H and O–H groups in total. The van der Waals surface area contributed by atoms with E-state index in [2.05, 4.69) is 5.32 Å². The highest BCUT2D eigenvalue weighted by Gasteiger charge is 2.51. The summed E-state index contributed by atoms with van der Waals surface area (Å²) in [5.41, 5.74) is 1.50. The lowest BCUT2D eigenvalue weighted by Crippen LogP contribution is -2.36. The van der Waals surface area contributed by atoms with E-state index in [0.717, 1.165) is 42.5 Å². The van der Waals surface area contributed by atoms with Crippen LogP contribution in [0.25, 0.3) is 0 Å². The zero-order chi connectivity index (χ0) is 21.3. The SMILES string of the molecule is CCOC(=O)c1c(NC(=O)[C@@H]2[C@H](C(=O)O)[C@H]3C=C[C@H]2C3)sc2c1CCCCCCC2. The normalized spacial score (nSPS) is 27.6. The highest BCUT2D eigenvalue weighted by molar-refractivity contribution is 7.17. The molecular weight excluding hydrogens is 402 g/mol. The molecule has 1 fully saturated rings. The Morgan fingerprint density at radius 1 is 1.07 bits per heavy atom. The molecule has 0 aliphatic heterocycles. The van der Waals surface area contributed by atoms with Crippen LogP contribution in [0.3, 0.4) is 0 Å². The fourth-order valence-corrected chi connectivity index (χ4v) is 6.60. The molecule has 7 heteroatoms. The number of aliphatic carboxylic acids is 1. The molecule has 2 bridgehead atoms. The van der Waals surface area contributed by atoms with E-state index in [1.165, 1.54) is 24.2 Å². The van der Waals surface area contributed by atoms with Crippen LogP contribution in [0.5, 0.6) is 0 Å². The van der Waals surface area contributed by atoms with Crippen molar-refractivity contribution in [1.29, 1.82) is 0 Å². The third-order valence-corrected chi connectivity index (χ3v) is 7.89. The van der Waals surface area contributed by atoms with E-state index in [9.17, 15) is 19.5 Å². The molecule has 1 aromatic heterocycles. The van der Waals surface area contributed by atoms with Crippen LogP contribution in [0.15, 0.2) is 12.2 Å². The average molecular weight is 432 g/mol. The van der Waals surface area contributed by atoms with Crippen LogP contribution < -0.4 is 5.32 Å². The average Bonchev–Trinajstić information content (AvgIpc) is 3.40. The van der Waals surface area contributed by atoms with E-state index in [4.69, 9.17) is 4.74 Å². The van der Waals surface area contributed by atoms with Gasteiger partial charge in [-0.25, -0.2) is 4.79 Å². The summed E-state index contributed by atoms with van der Waals surface area (Å²) >= 11 is 1.47. The Bertz CT molecular complexity index is 873. The van der Waals surface area contributed by atoms with Gasteiger partial charge in [0.05, 0.1) is 24.0 Å². The number of rotatable bonds is 5. The molecule has 0 unspecified atom stereocenters. The van der Waals surface area contributed by atoms with Gasteiger partial charge in [-0.1, -0.05) is 31.4 Å². The van der Waals surface area contributed by atoms with Gasteiger partial charge >= 0.3 is 11.9 Å². The number of anilines is 1. The lowest BCUT2D eigenvalue weighted by molar-refractivity contribution is -0.146. The van der Waals surface area contributed by atoms with Crippen LogP contribution in [-0.4, -0.2) is 29.6 Å². The molecule has 3 aliphatic carbocycles. The molecule has 0 aromatic carbocycles. The van der Waals surface area contributed by atoms with E-state index in [1.54, 1.807) is 6.92 Å². The maximum atomic E-state index is 13.2. The maximum Gasteiger partial charge on any atom is 0.341 e. The molecule has 1 aromatic rings. The van der Waals surface area contributed by atoms with Crippen LogP contribution in [0.2, 0.25) is 0 Å². The van der Waals surface area contributed by atoms with E-state index in [-0.39, 0.29) is 24.3 Å². The summed E-state index contributed by atoms with van der Waals surface area (Å²) in [6.07, 6.45) is 11.9. The maximum absolute atomic E-state index is 13.2. The second-order valence-electron chi connectivity index (χ2n) is 8.52. The van der Waals surface area contributed by atoms with Crippen molar-refractivity contribution >= 4 is 34.2 Å². The van der Waals surface area contributed by atoms with Crippen molar-refractivity contribution < 1.29 is 24.2 Å². The predicted molar refractivity (Wildman–Crippen MR) is 115 cm³/mol. The van der Waals surface area contributed by atoms with E-state index in [0.29, 0.717) is 17.0 Å². The van der Waals surface area contributed by atoms with Gasteiger partial charge in [0.25, 0.3) is 0 Å². The summed E-state index contributed by atoms with van der Waals surface area (Å²) < 4.78 is 5.32. The van der Waals surface area contributed by atoms with Gasteiger partial charge in [0.2, 0.25) is 5.91 Å². The summed E-state index contributed by atoms with van der Waals surface area (Å²) in [5, 5.41) is 13.2. The van der Waals surface area contributed by atoms with Crippen molar-refractivity contribution in [3.05, 3.63) is 28.2 Å². The third-order valence-electron chi connectivity index (χ3n) is 6.68. The van der Waals surface area contributed by atoms with Crippen molar-refractivity contribution in [3.63, 3.8) is 0 Å². The number of nitrogens with one attached hydrogen (secondary N) is 1. The van der Waals surface area contributed by atoms with E-state index >= 15 is 0 Å². The molecule has 1 amide bonds. The number of ether oxygens (including phenoxy) is 1. The summed E-state index contributed by atoms with van der Waals surface area (Å²) in [6.45, 7) is 2.05. The van der Waals surface area contributed by atoms with Gasteiger partial charge in [-0.2, -0.15) is 0 Å². The highest BCUT2D eigenvalue weighted by Crippen LogP contribution is 2.49. The van der Waals surface area contributed by atoms with Crippen LogP contribution in [-0.2, 0) is 27.2 Å². The Labute approximate surface area is 180 Å². The molecule has 0 spiro atoms. The largest absolute Gasteiger partial charge is 0.481 e. The molecule has 4 rings (SSSR count). The monoisotopic (exact) mass is 431 g/mol. The Morgan fingerprint density at radius 2 is 1.73 bits per heavy atom. The minimum Gasteiger partial charge on any atom is -0.481 e. The first-order chi connectivity index (χ1) is 14.5. The van der Waals surface area contributed by atoms with Crippen LogP contribution in [0.1, 0.15) is 66.2 Å². The molecule has 30 heavy (non-hydrogen) atoms. The number of hydrogen-bond donors (Lipinski definition) is 2. The second kappa shape index (κ2) is 8.92. The van der Waals surface area contributed by atoms with E-state index < -0.39 is 23.8 Å². The van der Waals surface area contributed by atoms with Gasteiger partial charge in [-0.15, -0.1) is 11.3 Å². The molecule has 6 nitrogen and oxygen atoms in total. The Hall–Kier alpha value is -2.15. The van der Waals surface area contributed by atoms with Crippen molar-refractivity contribution in [2.45, 2.75) is 58.3 Å². The number of carbonyl (C=O) groups is 3. The molecule has 3 aliphatic rings. The van der Waals surface area contributed by atoms with Crippen LogP contribution >= 0.6 is 11.3 Å². The van der Waals surface area contributed by atoms with Gasteiger partial charge in [0, 0.05) is 4.88 Å². The Morgan fingerprint density at radius 3 is 2.43 bits per heavy atom. The summed E-state index contributed by atoms with van der Waals surface area (Å²) in [4.78, 5) is 39.0. The lowest BCUT2D eigenvalue weighted by atomic mass is 9.82. The summed E-state index contributed by atoms with van der Waals surface area (Å²) in [5.74, 6) is -3.04. The molecule has 4 atom stereocenters. The number of aryl methyl sites for hydroxylation is 1. The Kier molecular flexibility index (Phi) is 6.27. The number of carboxylic acids is 1. The fourth-order valence-electron chi connectivity index (χ4n) is 5.32. The first-order valence-corrected chi connectivity index (χ1v) is 11.9. The third kappa shape index (κ3) is 3.92. The molecule has 0 saturated heterocycles. The van der Waals surface area contributed by atoms with Gasteiger partial charge in [-0.05, 0) is 56.4 Å². The minimum atomic E-state index is -0.924. The quantitative estimate of drug-likeness (QED) is 0.531. The number of hydrogen-bond acceptors (Lipinski definition) is 5. The topological polar surface area (TPSA) is 92.7 Å². The lowest BCUT2D eigenvalue weighted by Gasteiger charge is -2.23. The number of carboxylic acid groups (broad SMARTS) is 1. The molecule has 1 saturated carbocycles. The molecule has 1 heterocycles. The van der Waals surface area contributed by atoms with E-state index in [1.807, 2.05) is 12.2 Å². The molecule has 162 valence electrons. The zero-order valence-electron chi connectivity index (χ0n) is 17.3. The van der Waals surface area contributed by atoms with Gasteiger partial charge < -0.3 is 15.2 Å². The number of fused-ring (bicyclic) bond motifs is 3. The second-order valence-corrected chi connectivity index (χ2v) is 9.63. The summed E-state index contributed by atoms with van der Waals surface area (Å²) in [7, 11) is 0. The number of amides is 1. The standard InChI is InChI=1S/C23H29NO5S/c1-2-29-23(28)19-15-8-6-4-3-5-7-9-16(15)30-21(19)24-20(25)17-13-10-11-14(12-13)18(17)22(26)27/h10-11,13-14,17-18H,2-9,12H2,1H3,(H,24,25)(H,26,27)/t13-,14-,17-,18+/m0/s1.